The van der Waals surface area contributed by atoms with Crippen molar-refractivity contribution in [3.05, 3.63) is 24.3 Å². The predicted octanol–water partition coefficient (Wildman–Crippen LogP) is 2.05. The van der Waals surface area contributed by atoms with Gasteiger partial charge in [0.05, 0.1) is 0 Å². The lowest BCUT2D eigenvalue weighted by molar-refractivity contribution is 0.0401. The Morgan fingerprint density at radius 1 is 1.16 bits per heavy atom. The summed E-state index contributed by atoms with van der Waals surface area (Å²) in [5, 5.41) is 0. The first-order valence-electron chi connectivity index (χ1n) is 9.41. The van der Waals surface area contributed by atoms with Crippen LogP contribution in [0.1, 0.15) is 19.8 Å². The highest BCUT2D eigenvalue weighted by Crippen LogP contribution is 2.31. The number of hydrogen-bond donors (Lipinski definition) is 0. The van der Waals surface area contributed by atoms with Gasteiger partial charge in [0.15, 0.2) is 11.5 Å². The van der Waals surface area contributed by atoms with Crippen LogP contribution in [0.15, 0.2) is 24.3 Å². The van der Waals surface area contributed by atoms with Gasteiger partial charge in [0.25, 0.3) is 0 Å². The molecule has 0 unspecified atom stereocenters. The number of fused-ring (bicyclic) bond motifs is 1. The van der Waals surface area contributed by atoms with Gasteiger partial charge in [-0.1, -0.05) is 12.1 Å². The Balaban J connectivity index is 1.34. The van der Waals surface area contributed by atoms with Gasteiger partial charge in [0.1, 0.15) is 12.7 Å². The molecule has 2 atom stereocenters. The van der Waals surface area contributed by atoms with Gasteiger partial charge in [0.2, 0.25) is 0 Å². The highest BCUT2D eigenvalue weighted by atomic mass is 16.6. The molecular weight excluding hydrogens is 318 g/mol. The number of urea groups is 1. The number of piperidine rings is 1. The molecule has 0 saturated carbocycles. The normalized spacial score (nSPS) is 27.0. The molecule has 6 heteroatoms. The van der Waals surface area contributed by atoms with E-state index in [-0.39, 0.29) is 12.1 Å². The number of amides is 2. The second kappa shape index (κ2) is 7.12. The van der Waals surface area contributed by atoms with Crippen molar-refractivity contribution in [2.24, 2.45) is 0 Å². The van der Waals surface area contributed by atoms with Crippen molar-refractivity contribution in [2.75, 3.05) is 45.9 Å². The number of likely N-dealkylation sites (N-methyl/N-ethyl adjacent to an activating group) is 1. The molecule has 2 amide bonds. The maximum atomic E-state index is 12.5. The molecule has 136 valence electrons. The molecule has 3 aliphatic rings. The summed E-state index contributed by atoms with van der Waals surface area (Å²) in [4.78, 5) is 18.9. The fourth-order valence-corrected chi connectivity index (χ4v) is 4.13. The zero-order valence-electron chi connectivity index (χ0n) is 14.9. The number of likely N-dealkylation sites (tertiary alicyclic amines) is 1. The number of hydrogen-bond acceptors (Lipinski definition) is 4. The summed E-state index contributed by atoms with van der Waals surface area (Å²) in [7, 11) is 0. The van der Waals surface area contributed by atoms with E-state index < -0.39 is 0 Å². The molecule has 0 bridgehead atoms. The Labute approximate surface area is 149 Å². The molecule has 2 saturated heterocycles. The van der Waals surface area contributed by atoms with Crippen LogP contribution in [0, 0.1) is 0 Å². The van der Waals surface area contributed by atoms with E-state index in [2.05, 4.69) is 9.80 Å². The molecule has 2 fully saturated rings. The molecule has 1 aromatic rings. The molecule has 0 spiro atoms. The van der Waals surface area contributed by atoms with E-state index >= 15 is 0 Å². The second-order valence-electron chi connectivity index (χ2n) is 7.11. The standard InChI is InChI=1S/C19H27N3O3/c1-2-21-10-11-22(19(21)23)15-6-5-9-20(12-15)13-16-14-24-17-7-3-4-8-18(17)25-16/h3-4,7-8,15-16H,2,5-6,9-14H2,1H3/t15-,16-/m0/s1. The molecule has 0 N–H and O–H groups in total. The lowest BCUT2D eigenvalue weighted by Crippen LogP contribution is -2.52. The third-order valence-corrected chi connectivity index (χ3v) is 5.46. The Kier molecular flexibility index (Phi) is 4.70. The third kappa shape index (κ3) is 3.40. The van der Waals surface area contributed by atoms with E-state index in [0.717, 1.165) is 63.6 Å². The zero-order valence-corrected chi connectivity index (χ0v) is 14.9. The summed E-state index contributed by atoms with van der Waals surface area (Å²) >= 11 is 0. The molecular formula is C19H27N3O3. The summed E-state index contributed by atoms with van der Waals surface area (Å²) < 4.78 is 11.9. The first kappa shape index (κ1) is 16.5. The number of para-hydroxylation sites is 2. The highest BCUT2D eigenvalue weighted by Gasteiger charge is 2.35. The van der Waals surface area contributed by atoms with E-state index in [4.69, 9.17) is 9.47 Å². The van der Waals surface area contributed by atoms with E-state index in [0.29, 0.717) is 12.6 Å². The number of carbonyl (C=O) groups is 1. The van der Waals surface area contributed by atoms with Gasteiger partial charge >= 0.3 is 6.03 Å². The number of carbonyl (C=O) groups excluding carboxylic acids is 1. The maximum absolute atomic E-state index is 12.5. The number of rotatable bonds is 4. The summed E-state index contributed by atoms with van der Waals surface area (Å²) in [5.74, 6) is 1.67. The first-order valence-corrected chi connectivity index (χ1v) is 9.41. The predicted molar refractivity (Wildman–Crippen MR) is 95.2 cm³/mol. The number of nitrogens with zero attached hydrogens (tertiary/aromatic N) is 3. The molecule has 0 aliphatic carbocycles. The molecule has 0 radical (unpaired) electrons. The molecule has 4 rings (SSSR count). The van der Waals surface area contributed by atoms with E-state index in [1.165, 1.54) is 0 Å². The number of ether oxygens (including phenoxy) is 2. The van der Waals surface area contributed by atoms with Gasteiger partial charge in [-0.15, -0.1) is 0 Å². The molecule has 0 aromatic heterocycles. The van der Waals surface area contributed by atoms with Crippen LogP contribution in [-0.4, -0.2) is 78.8 Å². The van der Waals surface area contributed by atoms with Crippen LogP contribution in [0.25, 0.3) is 0 Å². The smallest absolute Gasteiger partial charge is 0.320 e. The average molecular weight is 345 g/mol. The molecule has 3 aliphatic heterocycles. The van der Waals surface area contributed by atoms with Crippen LogP contribution < -0.4 is 9.47 Å². The quantitative estimate of drug-likeness (QED) is 0.838. The molecule has 3 heterocycles. The minimum absolute atomic E-state index is 0.0510. The molecule has 6 nitrogen and oxygen atoms in total. The van der Waals surface area contributed by atoms with Gasteiger partial charge < -0.3 is 19.3 Å². The van der Waals surface area contributed by atoms with Gasteiger partial charge in [-0.05, 0) is 38.4 Å². The van der Waals surface area contributed by atoms with Crippen molar-refractivity contribution in [1.29, 1.82) is 0 Å². The van der Waals surface area contributed by atoms with Crippen LogP contribution in [0.3, 0.4) is 0 Å². The largest absolute Gasteiger partial charge is 0.486 e. The fourth-order valence-electron chi connectivity index (χ4n) is 4.13. The van der Waals surface area contributed by atoms with Crippen molar-refractivity contribution in [3.8, 4) is 11.5 Å². The summed E-state index contributed by atoms with van der Waals surface area (Å²) in [6.07, 6.45) is 2.28. The van der Waals surface area contributed by atoms with Crippen molar-refractivity contribution in [2.45, 2.75) is 31.9 Å². The van der Waals surface area contributed by atoms with Gasteiger partial charge in [-0.3, -0.25) is 4.90 Å². The van der Waals surface area contributed by atoms with E-state index in [1.807, 2.05) is 36.1 Å². The van der Waals surface area contributed by atoms with Gasteiger partial charge in [0, 0.05) is 38.8 Å². The minimum Gasteiger partial charge on any atom is -0.486 e. The molecule has 25 heavy (non-hydrogen) atoms. The summed E-state index contributed by atoms with van der Waals surface area (Å²) in [6.45, 7) is 8.02. The lowest BCUT2D eigenvalue weighted by atomic mass is 10.0. The van der Waals surface area contributed by atoms with Crippen LogP contribution >= 0.6 is 0 Å². The van der Waals surface area contributed by atoms with Crippen LogP contribution in [0.2, 0.25) is 0 Å². The molecule has 1 aromatic carbocycles. The average Bonchev–Trinajstić information content (AvgIpc) is 3.02. The van der Waals surface area contributed by atoms with Crippen molar-refractivity contribution in [3.63, 3.8) is 0 Å². The Morgan fingerprint density at radius 3 is 2.80 bits per heavy atom. The third-order valence-electron chi connectivity index (χ3n) is 5.46. The topological polar surface area (TPSA) is 45.2 Å². The lowest BCUT2D eigenvalue weighted by Gasteiger charge is -2.39. The van der Waals surface area contributed by atoms with E-state index in [9.17, 15) is 4.79 Å². The summed E-state index contributed by atoms with van der Waals surface area (Å²) in [6, 6.07) is 8.38. The van der Waals surface area contributed by atoms with E-state index in [1.54, 1.807) is 0 Å². The maximum Gasteiger partial charge on any atom is 0.320 e. The first-order chi connectivity index (χ1) is 12.2. The zero-order chi connectivity index (χ0) is 17.2. The number of benzene rings is 1. The van der Waals surface area contributed by atoms with Crippen molar-refractivity contribution < 1.29 is 14.3 Å². The van der Waals surface area contributed by atoms with Crippen molar-refractivity contribution >= 4 is 6.03 Å². The fraction of sp³-hybridized carbons (Fsp3) is 0.632. The van der Waals surface area contributed by atoms with Gasteiger partial charge in [-0.25, -0.2) is 4.79 Å². The van der Waals surface area contributed by atoms with Crippen LogP contribution in [0.4, 0.5) is 4.79 Å². The van der Waals surface area contributed by atoms with Gasteiger partial charge in [-0.2, -0.15) is 0 Å². The Bertz CT molecular complexity index is 624. The Hall–Kier alpha value is -1.95. The van der Waals surface area contributed by atoms with Crippen molar-refractivity contribution in [1.82, 2.24) is 14.7 Å². The second-order valence-corrected chi connectivity index (χ2v) is 7.11. The highest BCUT2D eigenvalue weighted by molar-refractivity contribution is 5.76. The summed E-state index contributed by atoms with van der Waals surface area (Å²) in [5.41, 5.74) is 0. The van der Waals surface area contributed by atoms with Crippen LogP contribution in [0.5, 0.6) is 11.5 Å². The SMILES string of the molecule is CCN1CCN([C@H]2CCCN(C[C@H]3COc4ccccc4O3)C2)C1=O. The minimum atomic E-state index is 0.0510. The van der Waals surface area contributed by atoms with Crippen LogP contribution in [-0.2, 0) is 0 Å². The Morgan fingerprint density at radius 2 is 2.00 bits per heavy atom. The monoisotopic (exact) mass is 345 g/mol.